The summed E-state index contributed by atoms with van der Waals surface area (Å²) in [5.74, 6) is -0.273. The Bertz CT molecular complexity index is 480. The molecule has 2 unspecified atom stereocenters. The third-order valence-electron chi connectivity index (χ3n) is 3.10. The highest BCUT2D eigenvalue weighted by molar-refractivity contribution is 7.14. The number of rotatable bonds is 5. The summed E-state index contributed by atoms with van der Waals surface area (Å²) in [6, 6.07) is 3.83. The van der Waals surface area contributed by atoms with Crippen molar-refractivity contribution in [3.8, 4) is 6.07 Å². The topological polar surface area (TPSA) is 74.2 Å². The lowest BCUT2D eigenvalue weighted by Gasteiger charge is -2.18. The molecule has 102 valence electrons. The van der Waals surface area contributed by atoms with Crippen LogP contribution in [0.2, 0.25) is 0 Å². The third kappa shape index (κ3) is 3.32. The minimum atomic E-state index is -0.194. The van der Waals surface area contributed by atoms with E-state index in [-0.39, 0.29) is 17.9 Å². The Labute approximate surface area is 116 Å². The third-order valence-corrected chi connectivity index (χ3v) is 3.93. The van der Waals surface area contributed by atoms with Crippen molar-refractivity contribution in [2.75, 3.05) is 25.1 Å². The fourth-order valence-electron chi connectivity index (χ4n) is 2.04. The molecule has 2 N–H and O–H groups in total. The molecular formula is C13H17N3O2S. The number of nitrogens with zero attached hydrogens (tertiary/aromatic N) is 1. The van der Waals surface area contributed by atoms with Gasteiger partial charge in [0.15, 0.2) is 0 Å². The number of anilines is 1. The number of nitriles is 1. The average Bonchev–Trinajstić information content (AvgIpc) is 3.04. The maximum absolute atomic E-state index is 12.2. The van der Waals surface area contributed by atoms with Gasteiger partial charge in [-0.1, -0.05) is 6.92 Å². The van der Waals surface area contributed by atoms with Gasteiger partial charge in [-0.15, -0.1) is 11.3 Å². The van der Waals surface area contributed by atoms with E-state index in [9.17, 15) is 4.79 Å². The molecule has 0 aliphatic carbocycles. The van der Waals surface area contributed by atoms with Gasteiger partial charge in [0.05, 0.1) is 24.7 Å². The number of carbonyl (C=O) groups is 1. The zero-order valence-electron chi connectivity index (χ0n) is 10.8. The van der Waals surface area contributed by atoms with E-state index in [1.807, 2.05) is 0 Å². The van der Waals surface area contributed by atoms with E-state index >= 15 is 0 Å². The van der Waals surface area contributed by atoms with Gasteiger partial charge in [0.2, 0.25) is 5.91 Å². The van der Waals surface area contributed by atoms with Gasteiger partial charge in [0.1, 0.15) is 11.1 Å². The molecule has 1 aliphatic rings. The second-order valence-electron chi connectivity index (χ2n) is 4.47. The molecule has 2 heterocycles. The summed E-state index contributed by atoms with van der Waals surface area (Å²) in [7, 11) is 0. The number of nitrogens with one attached hydrogen (secondary N) is 2. The van der Waals surface area contributed by atoms with Gasteiger partial charge < -0.3 is 15.4 Å². The summed E-state index contributed by atoms with van der Waals surface area (Å²) in [5, 5.41) is 17.5. The summed E-state index contributed by atoms with van der Waals surface area (Å²) < 4.78 is 5.38. The molecule has 1 amide bonds. The van der Waals surface area contributed by atoms with Crippen LogP contribution in [0.5, 0.6) is 0 Å². The molecule has 0 saturated carbocycles. The Morgan fingerprint density at radius 3 is 3.21 bits per heavy atom. The average molecular weight is 279 g/mol. The molecule has 2 rings (SSSR count). The van der Waals surface area contributed by atoms with Crippen LogP contribution in [-0.2, 0) is 9.53 Å². The number of carbonyl (C=O) groups excluding carboxylic acids is 1. The Morgan fingerprint density at radius 2 is 2.47 bits per heavy atom. The number of amides is 1. The molecule has 1 saturated heterocycles. The van der Waals surface area contributed by atoms with E-state index in [1.54, 1.807) is 11.4 Å². The maximum Gasteiger partial charge on any atom is 0.232 e. The zero-order valence-corrected chi connectivity index (χ0v) is 11.6. The zero-order chi connectivity index (χ0) is 13.7. The first-order chi connectivity index (χ1) is 9.26. The van der Waals surface area contributed by atoms with Crippen molar-refractivity contribution in [1.29, 1.82) is 5.26 Å². The molecule has 6 heteroatoms. The van der Waals surface area contributed by atoms with Crippen LogP contribution in [0.3, 0.4) is 0 Å². The summed E-state index contributed by atoms with van der Waals surface area (Å²) in [5.41, 5.74) is 0.510. The van der Waals surface area contributed by atoms with Gasteiger partial charge in [-0.3, -0.25) is 4.79 Å². The van der Waals surface area contributed by atoms with E-state index in [2.05, 4.69) is 23.6 Å². The smallest absolute Gasteiger partial charge is 0.232 e. The van der Waals surface area contributed by atoms with E-state index in [4.69, 9.17) is 10.00 Å². The lowest BCUT2D eigenvalue weighted by Crippen LogP contribution is -2.41. The fraction of sp³-hybridized carbons (Fsp3) is 0.538. The predicted octanol–water partition coefficient (Wildman–Crippen LogP) is 1.57. The van der Waals surface area contributed by atoms with Gasteiger partial charge in [-0.2, -0.15) is 5.26 Å². The quantitative estimate of drug-likeness (QED) is 0.858. The Kier molecular flexibility index (Phi) is 4.91. The number of thiophene rings is 1. The van der Waals surface area contributed by atoms with Crippen LogP contribution in [0, 0.1) is 17.2 Å². The Balaban J connectivity index is 1.97. The molecule has 0 aromatic carbocycles. The summed E-state index contributed by atoms with van der Waals surface area (Å²) >= 11 is 1.36. The maximum atomic E-state index is 12.2. The van der Waals surface area contributed by atoms with Gasteiger partial charge in [-0.05, 0) is 24.4 Å². The van der Waals surface area contributed by atoms with Crippen molar-refractivity contribution < 1.29 is 9.53 Å². The highest BCUT2D eigenvalue weighted by Crippen LogP contribution is 2.24. The van der Waals surface area contributed by atoms with Crippen LogP contribution >= 0.6 is 11.3 Å². The van der Waals surface area contributed by atoms with E-state index < -0.39 is 0 Å². The van der Waals surface area contributed by atoms with E-state index in [0.29, 0.717) is 23.8 Å². The van der Waals surface area contributed by atoms with Crippen LogP contribution in [-0.4, -0.2) is 31.7 Å². The predicted molar refractivity (Wildman–Crippen MR) is 74.1 cm³/mol. The minimum Gasteiger partial charge on any atom is -0.379 e. The monoisotopic (exact) mass is 279 g/mol. The van der Waals surface area contributed by atoms with Crippen LogP contribution in [0.1, 0.15) is 18.9 Å². The SMILES string of the molecule is CCCNC1COCC1C(=O)Nc1sccc1C#N. The van der Waals surface area contributed by atoms with E-state index in [1.165, 1.54) is 11.3 Å². The van der Waals surface area contributed by atoms with Crippen LogP contribution in [0.25, 0.3) is 0 Å². The van der Waals surface area contributed by atoms with Crippen molar-refractivity contribution in [2.45, 2.75) is 19.4 Å². The molecule has 0 bridgehead atoms. The molecule has 0 radical (unpaired) electrons. The molecule has 2 atom stereocenters. The highest BCUT2D eigenvalue weighted by atomic mass is 32.1. The number of ether oxygens (including phenoxy) is 1. The van der Waals surface area contributed by atoms with Gasteiger partial charge in [-0.25, -0.2) is 0 Å². The van der Waals surface area contributed by atoms with Crippen molar-refractivity contribution in [1.82, 2.24) is 5.32 Å². The van der Waals surface area contributed by atoms with Gasteiger partial charge >= 0.3 is 0 Å². The second kappa shape index (κ2) is 6.66. The molecule has 5 nitrogen and oxygen atoms in total. The van der Waals surface area contributed by atoms with Crippen molar-refractivity contribution in [2.24, 2.45) is 5.92 Å². The molecule has 1 aliphatic heterocycles. The second-order valence-corrected chi connectivity index (χ2v) is 5.39. The molecule has 19 heavy (non-hydrogen) atoms. The Morgan fingerprint density at radius 1 is 1.63 bits per heavy atom. The molecule has 1 fully saturated rings. The van der Waals surface area contributed by atoms with Crippen LogP contribution in [0.4, 0.5) is 5.00 Å². The molecule has 1 aromatic heterocycles. The van der Waals surface area contributed by atoms with Gasteiger partial charge in [0.25, 0.3) is 0 Å². The van der Waals surface area contributed by atoms with Crippen molar-refractivity contribution >= 4 is 22.2 Å². The van der Waals surface area contributed by atoms with E-state index in [0.717, 1.165) is 13.0 Å². The molecule has 0 spiro atoms. The minimum absolute atomic E-state index is 0.0606. The van der Waals surface area contributed by atoms with Crippen molar-refractivity contribution in [3.05, 3.63) is 17.0 Å². The highest BCUT2D eigenvalue weighted by Gasteiger charge is 2.33. The fourth-order valence-corrected chi connectivity index (χ4v) is 2.78. The first-order valence-electron chi connectivity index (χ1n) is 6.35. The summed E-state index contributed by atoms with van der Waals surface area (Å²) in [6.07, 6.45) is 1.02. The standard InChI is InChI=1S/C13H17N3O2S/c1-2-4-15-11-8-18-7-10(11)12(17)16-13-9(6-14)3-5-19-13/h3,5,10-11,15H,2,4,7-8H2,1H3,(H,16,17). The first-order valence-corrected chi connectivity index (χ1v) is 7.23. The summed E-state index contributed by atoms with van der Waals surface area (Å²) in [4.78, 5) is 12.2. The van der Waals surface area contributed by atoms with Crippen LogP contribution in [0.15, 0.2) is 11.4 Å². The van der Waals surface area contributed by atoms with Crippen LogP contribution < -0.4 is 10.6 Å². The van der Waals surface area contributed by atoms with Crippen molar-refractivity contribution in [3.63, 3.8) is 0 Å². The molecular weight excluding hydrogens is 262 g/mol. The number of hydrogen-bond donors (Lipinski definition) is 2. The summed E-state index contributed by atoms with van der Waals surface area (Å²) in [6.45, 7) is 3.96. The molecule has 1 aromatic rings. The lowest BCUT2D eigenvalue weighted by molar-refractivity contribution is -0.120. The largest absolute Gasteiger partial charge is 0.379 e. The number of hydrogen-bond acceptors (Lipinski definition) is 5. The first kappa shape index (κ1) is 14.0. The lowest BCUT2D eigenvalue weighted by atomic mass is 10.0. The Hall–Kier alpha value is -1.42. The normalized spacial score (nSPS) is 22.1. The van der Waals surface area contributed by atoms with Gasteiger partial charge in [0, 0.05) is 6.04 Å².